The first-order valence-electron chi connectivity index (χ1n) is 10.2. The molecular weight excluding hydrogens is 312 g/mol. The van der Waals surface area contributed by atoms with Crippen molar-refractivity contribution in [1.29, 1.82) is 0 Å². The van der Waals surface area contributed by atoms with Crippen LogP contribution in [0.15, 0.2) is 0 Å². The molecule has 0 aromatic heterocycles. The Morgan fingerprint density at radius 2 is 1.88 bits per heavy atom. The summed E-state index contributed by atoms with van der Waals surface area (Å²) in [6.07, 6.45) is 7.28. The molecule has 2 fully saturated rings. The average molecular weight is 351 g/mol. The lowest BCUT2D eigenvalue weighted by molar-refractivity contribution is -0.138. The first kappa shape index (κ1) is 20.3. The fourth-order valence-corrected chi connectivity index (χ4v) is 5.33. The summed E-state index contributed by atoms with van der Waals surface area (Å²) in [5.41, 5.74) is 0.533. The molecule has 4 heteroatoms. The lowest BCUT2D eigenvalue weighted by Gasteiger charge is -2.39. The molecule has 2 bridgehead atoms. The van der Waals surface area contributed by atoms with E-state index in [2.05, 4.69) is 44.8 Å². The standard InChI is InChI=1S/C21H38N2O2/c1-7-9-10-16(8-2)18(24)22-15(3)19(25)23-14-21(6)12-17(23)11-20(4,5)13-21/h15-17H,7-14H2,1-6H3,(H,22,24). The monoisotopic (exact) mass is 350 g/mol. The number of carbonyl (C=O) groups excluding carboxylic acids is 2. The SMILES string of the molecule is CCCCC(CC)C(=O)NC(C)C(=O)N1CC2(C)CC1CC(C)(C)C2. The van der Waals surface area contributed by atoms with Crippen molar-refractivity contribution in [1.82, 2.24) is 10.2 Å². The van der Waals surface area contributed by atoms with Crippen LogP contribution < -0.4 is 5.32 Å². The third-order valence-corrected chi connectivity index (χ3v) is 6.20. The summed E-state index contributed by atoms with van der Waals surface area (Å²) in [7, 11) is 0. The van der Waals surface area contributed by atoms with Crippen LogP contribution in [-0.4, -0.2) is 35.3 Å². The van der Waals surface area contributed by atoms with E-state index in [0.717, 1.165) is 45.1 Å². The second-order valence-electron chi connectivity index (χ2n) is 9.66. The Bertz CT molecular complexity index is 502. The molecule has 2 aliphatic rings. The maximum atomic E-state index is 13.0. The van der Waals surface area contributed by atoms with Gasteiger partial charge in [0.25, 0.3) is 0 Å². The van der Waals surface area contributed by atoms with Crippen molar-refractivity contribution >= 4 is 11.8 Å². The highest BCUT2D eigenvalue weighted by atomic mass is 16.2. The van der Waals surface area contributed by atoms with Gasteiger partial charge in [0, 0.05) is 18.5 Å². The normalized spacial score (nSPS) is 30.0. The van der Waals surface area contributed by atoms with Crippen molar-refractivity contribution in [3.05, 3.63) is 0 Å². The van der Waals surface area contributed by atoms with Crippen LogP contribution in [0.4, 0.5) is 0 Å². The summed E-state index contributed by atoms with van der Waals surface area (Å²) in [5.74, 6) is 0.181. The molecule has 4 unspecified atom stereocenters. The maximum absolute atomic E-state index is 13.0. The van der Waals surface area contributed by atoms with Crippen LogP contribution in [0.3, 0.4) is 0 Å². The number of hydrogen-bond donors (Lipinski definition) is 1. The van der Waals surface area contributed by atoms with Crippen molar-refractivity contribution in [3.8, 4) is 0 Å². The molecule has 1 N–H and O–H groups in total. The van der Waals surface area contributed by atoms with E-state index in [9.17, 15) is 9.59 Å². The third kappa shape index (κ3) is 4.77. The van der Waals surface area contributed by atoms with E-state index in [1.807, 2.05) is 6.92 Å². The Morgan fingerprint density at radius 1 is 1.20 bits per heavy atom. The van der Waals surface area contributed by atoms with Gasteiger partial charge in [0.15, 0.2) is 0 Å². The molecule has 1 heterocycles. The first-order valence-corrected chi connectivity index (χ1v) is 10.2. The quantitative estimate of drug-likeness (QED) is 0.750. The van der Waals surface area contributed by atoms with Crippen molar-refractivity contribution in [3.63, 3.8) is 0 Å². The van der Waals surface area contributed by atoms with E-state index in [1.165, 1.54) is 6.42 Å². The Hall–Kier alpha value is -1.06. The predicted molar refractivity (Wildman–Crippen MR) is 102 cm³/mol. The van der Waals surface area contributed by atoms with E-state index < -0.39 is 6.04 Å². The van der Waals surface area contributed by atoms with E-state index in [-0.39, 0.29) is 23.1 Å². The molecule has 144 valence electrons. The van der Waals surface area contributed by atoms with Gasteiger partial charge in [0.1, 0.15) is 6.04 Å². The number of hydrogen-bond acceptors (Lipinski definition) is 2. The molecule has 1 aliphatic carbocycles. The number of amides is 2. The Morgan fingerprint density at radius 3 is 2.48 bits per heavy atom. The smallest absolute Gasteiger partial charge is 0.245 e. The molecule has 0 radical (unpaired) electrons. The average Bonchev–Trinajstić information content (AvgIpc) is 2.76. The van der Waals surface area contributed by atoms with Gasteiger partial charge >= 0.3 is 0 Å². The van der Waals surface area contributed by atoms with Crippen LogP contribution in [0.1, 0.15) is 86.5 Å². The summed E-state index contributed by atoms with van der Waals surface area (Å²) >= 11 is 0. The Labute approximate surface area is 154 Å². The molecule has 0 aromatic carbocycles. The van der Waals surface area contributed by atoms with Gasteiger partial charge in [-0.25, -0.2) is 0 Å². The minimum absolute atomic E-state index is 0.0319. The molecule has 0 aromatic rings. The van der Waals surface area contributed by atoms with Crippen LogP contribution in [0.2, 0.25) is 0 Å². The van der Waals surface area contributed by atoms with Crippen LogP contribution in [0.25, 0.3) is 0 Å². The van der Waals surface area contributed by atoms with E-state index in [4.69, 9.17) is 0 Å². The summed E-state index contributed by atoms with van der Waals surface area (Å²) in [6, 6.07) is -0.0862. The Balaban J connectivity index is 1.97. The number of unbranched alkanes of at least 4 members (excludes halogenated alkanes) is 1. The number of nitrogens with one attached hydrogen (secondary N) is 1. The van der Waals surface area contributed by atoms with Gasteiger partial charge in [-0.3, -0.25) is 9.59 Å². The van der Waals surface area contributed by atoms with Gasteiger partial charge in [-0.15, -0.1) is 0 Å². The zero-order valence-electron chi connectivity index (χ0n) is 17.2. The van der Waals surface area contributed by atoms with Gasteiger partial charge in [-0.2, -0.15) is 0 Å². The molecule has 4 atom stereocenters. The molecule has 2 rings (SSSR count). The predicted octanol–water partition coefficient (Wildman–Crippen LogP) is 4.13. The maximum Gasteiger partial charge on any atom is 0.245 e. The van der Waals surface area contributed by atoms with Crippen molar-refractivity contribution in [2.75, 3.05) is 6.54 Å². The second kappa shape index (κ2) is 7.67. The Kier molecular flexibility index (Phi) is 6.22. The van der Waals surface area contributed by atoms with Crippen LogP contribution in [-0.2, 0) is 9.59 Å². The minimum Gasteiger partial charge on any atom is -0.344 e. The van der Waals surface area contributed by atoms with Crippen LogP contribution >= 0.6 is 0 Å². The molecule has 1 saturated heterocycles. The molecule has 4 nitrogen and oxygen atoms in total. The van der Waals surface area contributed by atoms with Gasteiger partial charge in [-0.05, 0) is 49.9 Å². The first-order chi connectivity index (χ1) is 11.6. The number of carbonyl (C=O) groups is 2. The summed E-state index contributed by atoms with van der Waals surface area (Å²) in [6.45, 7) is 13.8. The zero-order chi connectivity index (χ0) is 18.8. The molecule has 0 spiro atoms. The topological polar surface area (TPSA) is 49.4 Å². The summed E-state index contributed by atoms with van der Waals surface area (Å²) in [4.78, 5) is 27.6. The number of fused-ring (bicyclic) bond motifs is 2. The highest BCUT2D eigenvalue weighted by Crippen LogP contribution is 2.52. The van der Waals surface area contributed by atoms with Crippen LogP contribution in [0, 0.1) is 16.7 Å². The minimum atomic E-state index is -0.422. The summed E-state index contributed by atoms with van der Waals surface area (Å²) in [5, 5.41) is 3.00. The van der Waals surface area contributed by atoms with Gasteiger partial charge < -0.3 is 10.2 Å². The molecular formula is C21H38N2O2. The highest BCUT2D eigenvalue weighted by molar-refractivity contribution is 5.88. The number of nitrogens with zero attached hydrogens (tertiary/aromatic N) is 1. The molecule has 25 heavy (non-hydrogen) atoms. The largest absolute Gasteiger partial charge is 0.344 e. The fourth-order valence-electron chi connectivity index (χ4n) is 5.33. The fraction of sp³-hybridized carbons (Fsp3) is 0.905. The van der Waals surface area contributed by atoms with Crippen LogP contribution in [0.5, 0.6) is 0 Å². The number of rotatable bonds is 7. The zero-order valence-corrected chi connectivity index (χ0v) is 17.2. The molecule has 2 amide bonds. The third-order valence-electron chi connectivity index (χ3n) is 6.20. The van der Waals surface area contributed by atoms with Crippen molar-refractivity contribution < 1.29 is 9.59 Å². The lowest BCUT2D eigenvalue weighted by atomic mass is 9.65. The summed E-state index contributed by atoms with van der Waals surface area (Å²) < 4.78 is 0. The van der Waals surface area contributed by atoms with Crippen molar-refractivity contribution in [2.24, 2.45) is 16.7 Å². The van der Waals surface area contributed by atoms with Gasteiger partial charge in [0.05, 0.1) is 0 Å². The van der Waals surface area contributed by atoms with E-state index in [1.54, 1.807) is 0 Å². The van der Waals surface area contributed by atoms with Crippen molar-refractivity contribution in [2.45, 2.75) is 98.6 Å². The molecule has 1 saturated carbocycles. The second-order valence-corrected chi connectivity index (χ2v) is 9.66. The van der Waals surface area contributed by atoms with E-state index >= 15 is 0 Å². The highest BCUT2D eigenvalue weighted by Gasteiger charge is 2.51. The van der Waals surface area contributed by atoms with Gasteiger partial charge in [-0.1, -0.05) is 47.5 Å². The number of likely N-dealkylation sites (tertiary alicyclic amines) is 1. The lowest BCUT2D eigenvalue weighted by Crippen LogP contribution is -2.50. The molecule has 1 aliphatic heterocycles. The van der Waals surface area contributed by atoms with Gasteiger partial charge in [0.2, 0.25) is 11.8 Å². The van der Waals surface area contributed by atoms with E-state index in [0.29, 0.717) is 11.5 Å².